The van der Waals surface area contributed by atoms with E-state index in [-0.39, 0.29) is 12.6 Å². The molecule has 1 unspecified atom stereocenters. The van der Waals surface area contributed by atoms with Crippen LogP contribution in [0.4, 0.5) is 0 Å². The van der Waals surface area contributed by atoms with E-state index in [0.717, 1.165) is 0 Å². The van der Waals surface area contributed by atoms with Gasteiger partial charge in [-0.15, -0.1) is 0 Å². The molecule has 0 aromatic carbocycles. The van der Waals surface area contributed by atoms with Crippen molar-refractivity contribution in [3.63, 3.8) is 0 Å². The fourth-order valence-corrected chi connectivity index (χ4v) is 0.891. The van der Waals surface area contributed by atoms with E-state index in [1.807, 2.05) is 20.8 Å². The minimum Gasteiger partial charge on any atom is -0.379 e. The first-order valence-corrected chi connectivity index (χ1v) is 4.91. The summed E-state index contributed by atoms with van der Waals surface area (Å²) >= 11 is 0. The van der Waals surface area contributed by atoms with E-state index in [1.165, 1.54) is 5.01 Å². The van der Waals surface area contributed by atoms with Crippen LogP contribution in [0.5, 0.6) is 0 Å². The quantitative estimate of drug-likeness (QED) is 0.408. The van der Waals surface area contributed by atoms with E-state index in [9.17, 15) is 4.79 Å². The van der Waals surface area contributed by atoms with Gasteiger partial charge in [0.2, 0.25) is 5.91 Å². The molecule has 0 radical (unpaired) electrons. The molecule has 1 atom stereocenters. The molecule has 0 bridgehead atoms. The third-order valence-electron chi connectivity index (χ3n) is 2.59. The van der Waals surface area contributed by atoms with Gasteiger partial charge in [-0.3, -0.25) is 10.2 Å². The van der Waals surface area contributed by atoms with Gasteiger partial charge in [0.1, 0.15) is 6.73 Å². The van der Waals surface area contributed by atoms with E-state index in [4.69, 9.17) is 10.8 Å². The van der Waals surface area contributed by atoms with Crippen LogP contribution in [0.1, 0.15) is 27.2 Å². The summed E-state index contributed by atoms with van der Waals surface area (Å²) in [4.78, 5) is 11.7. The number of amides is 1. The van der Waals surface area contributed by atoms with Crippen molar-refractivity contribution in [2.24, 2.45) is 11.1 Å². The number of carbonyl (C=O) groups is 1. The molecule has 0 rings (SSSR count). The minimum absolute atomic E-state index is 0.140. The third-order valence-corrected chi connectivity index (χ3v) is 2.59. The van der Waals surface area contributed by atoms with Gasteiger partial charge >= 0.3 is 0 Å². The molecule has 5 heteroatoms. The maximum Gasteiger partial charge on any atom is 0.241 e. The highest BCUT2D eigenvalue weighted by molar-refractivity contribution is 5.81. The van der Waals surface area contributed by atoms with E-state index in [1.54, 1.807) is 0 Å². The Kier molecular flexibility index (Phi) is 5.68. The fraction of sp³-hybridized carbons (Fsp3) is 0.889. The van der Waals surface area contributed by atoms with E-state index in [2.05, 4.69) is 5.43 Å². The van der Waals surface area contributed by atoms with Gasteiger partial charge in [0.15, 0.2) is 0 Å². The van der Waals surface area contributed by atoms with Gasteiger partial charge < -0.3 is 10.8 Å². The summed E-state index contributed by atoms with van der Waals surface area (Å²) < 4.78 is 0. The molecule has 0 heterocycles. The number of nitrogens with zero attached hydrogens (tertiary/aromatic N) is 1. The van der Waals surface area contributed by atoms with Crippen LogP contribution in [0.15, 0.2) is 0 Å². The SMILES string of the molecule is CCN(CO)NC(=O)C(C)(CC)CN. The number of carbonyl (C=O) groups excluding carboxylic acids is 1. The Balaban J connectivity index is 4.30. The molecule has 0 fully saturated rings. The summed E-state index contributed by atoms with van der Waals surface area (Å²) in [6.07, 6.45) is 0.679. The second-order valence-corrected chi connectivity index (χ2v) is 3.56. The van der Waals surface area contributed by atoms with Crippen molar-refractivity contribution in [2.75, 3.05) is 19.8 Å². The Bertz CT molecular complexity index is 177. The van der Waals surface area contributed by atoms with Crippen LogP contribution in [-0.4, -0.2) is 35.8 Å². The highest BCUT2D eigenvalue weighted by atomic mass is 16.3. The molecular weight excluding hydrogens is 182 g/mol. The van der Waals surface area contributed by atoms with E-state index < -0.39 is 5.41 Å². The van der Waals surface area contributed by atoms with E-state index >= 15 is 0 Å². The Morgan fingerprint density at radius 3 is 2.43 bits per heavy atom. The van der Waals surface area contributed by atoms with Crippen molar-refractivity contribution in [1.29, 1.82) is 0 Å². The molecular formula is C9H21N3O2. The number of hydrogen-bond donors (Lipinski definition) is 3. The van der Waals surface area contributed by atoms with Crippen molar-refractivity contribution < 1.29 is 9.90 Å². The summed E-state index contributed by atoms with van der Waals surface area (Å²) in [6.45, 7) is 6.26. The van der Waals surface area contributed by atoms with Crippen molar-refractivity contribution in [3.05, 3.63) is 0 Å². The second-order valence-electron chi connectivity index (χ2n) is 3.56. The van der Waals surface area contributed by atoms with Crippen molar-refractivity contribution in [1.82, 2.24) is 10.4 Å². The number of nitrogens with two attached hydrogens (primary N) is 1. The molecule has 0 spiro atoms. The molecule has 0 saturated heterocycles. The van der Waals surface area contributed by atoms with Gasteiger partial charge in [0.25, 0.3) is 0 Å². The van der Waals surface area contributed by atoms with Crippen molar-refractivity contribution in [3.8, 4) is 0 Å². The Morgan fingerprint density at radius 1 is 1.57 bits per heavy atom. The standard InChI is InChI=1S/C9H21N3O2/c1-4-9(3,6-10)8(14)11-12(5-2)7-13/h13H,4-7,10H2,1-3H3,(H,11,14). The van der Waals surface area contributed by atoms with Gasteiger partial charge in [0, 0.05) is 13.1 Å². The lowest BCUT2D eigenvalue weighted by atomic mass is 9.87. The van der Waals surface area contributed by atoms with Gasteiger partial charge in [-0.05, 0) is 13.3 Å². The maximum atomic E-state index is 11.7. The lowest BCUT2D eigenvalue weighted by molar-refractivity contribution is -0.137. The van der Waals surface area contributed by atoms with Gasteiger partial charge in [-0.2, -0.15) is 5.01 Å². The first-order chi connectivity index (χ1) is 6.53. The molecule has 1 amide bonds. The van der Waals surface area contributed by atoms with E-state index in [0.29, 0.717) is 19.5 Å². The first-order valence-electron chi connectivity index (χ1n) is 4.91. The normalized spacial score (nSPS) is 15.3. The average Bonchev–Trinajstić information content (AvgIpc) is 2.24. The lowest BCUT2D eigenvalue weighted by Gasteiger charge is -2.28. The van der Waals surface area contributed by atoms with Crippen molar-refractivity contribution >= 4 is 5.91 Å². The molecule has 5 nitrogen and oxygen atoms in total. The van der Waals surface area contributed by atoms with Crippen LogP contribution < -0.4 is 11.2 Å². The summed E-state index contributed by atoms with van der Waals surface area (Å²) in [7, 11) is 0. The molecule has 0 aromatic rings. The number of aliphatic hydroxyl groups is 1. The topological polar surface area (TPSA) is 78.6 Å². The molecule has 0 saturated carbocycles. The second kappa shape index (κ2) is 5.95. The van der Waals surface area contributed by atoms with Crippen LogP contribution in [0.2, 0.25) is 0 Å². The fourth-order valence-electron chi connectivity index (χ4n) is 0.891. The summed E-state index contributed by atoms with van der Waals surface area (Å²) in [6, 6.07) is 0. The molecule has 0 aliphatic heterocycles. The maximum absolute atomic E-state index is 11.7. The minimum atomic E-state index is -0.553. The molecule has 4 N–H and O–H groups in total. The zero-order valence-corrected chi connectivity index (χ0v) is 9.21. The predicted molar refractivity (Wildman–Crippen MR) is 55.1 cm³/mol. The zero-order valence-electron chi connectivity index (χ0n) is 9.21. The highest BCUT2D eigenvalue weighted by Crippen LogP contribution is 2.18. The van der Waals surface area contributed by atoms with Crippen LogP contribution in [-0.2, 0) is 4.79 Å². The number of hydrogen-bond acceptors (Lipinski definition) is 4. The highest BCUT2D eigenvalue weighted by Gasteiger charge is 2.30. The van der Waals surface area contributed by atoms with Crippen LogP contribution >= 0.6 is 0 Å². The first kappa shape index (κ1) is 13.4. The molecule has 0 aliphatic carbocycles. The lowest BCUT2D eigenvalue weighted by Crippen LogP contribution is -2.51. The van der Waals surface area contributed by atoms with Crippen LogP contribution in [0, 0.1) is 5.41 Å². The number of hydrazine groups is 1. The molecule has 0 aliphatic rings. The number of nitrogens with one attached hydrogen (secondary N) is 1. The van der Waals surface area contributed by atoms with Gasteiger partial charge in [0.05, 0.1) is 5.41 Å². The zero-order chi connectivity index (χ0) is 11.2. The Morgan fingerprint density at radius 2 is 2.14 bits per heavy atom. The Hall–Kier alpha value is -0.650. The number of aliphatic hydroxyl groups excluding tert-OH is 1. The van der Waals surface area contributed by atoms with Crippen molar-refractivity contribution in [2.45, 2.75) is 27.2 Å². The smallest absolute Gasteiger partial charge is 0.241 e. The molecule has 0 aromatic heterocycles. The van der Waals surface area contributed by atoms with Crippen LogP contribution in [0.3, 0.4) is 0 Å². The number of rotatable bonds is 6. The summed E-state index contributed by atoms with van der Waals surface area (Å²) in [5, 5.41) is 10.3. The van der Waals surface area contributed by atoms with Crippen LogP contribution in [0.25, 0.3) is 0 Å². The average molecular weight is 203 g/mol. The predicted octanol–water partition coefficient (Wildman–Crippen LogP) is -0.336. The molecule has 84 valence electrons. The van der Waals surface area contributed by atoms with Gasteiger partial charge in [-0.1, -0.05) is 13.8 Å². The Labute approximate surface area is 85.2 Å². The third kappa shape index (κ3) is 3.25. The summed E-state index contributed by atoms with van der Waals surface area (Å²) in [5.74, 6) is -0.140. The largest absolute Gasteiger partial charge is 0.379 e. The monoisotopic (exact) mass is 203 g/mol. The van der Waals surface area contributed by atoms with Gasteiger partial charge in [-0.25, -0.2) is 0 Å². The molecule has 14 heavy (non-hydrogen) atoms. The summed E-state index contributed by atoms with van der Waals surface area (Å²) in [5.41, 5.74) is 7.61.